The van der Waals surface area contributed by atoms with Gasteiger partial charge in [0.25, 0.3) is 0 Å². The van der Waals surface area contributed by atoms with Gasteiger partial charge in [0, 0.05) is 18.0 Å². The minimum Gasteiger partial charge on any atom is -0.377 e. The highest BCUT2D eigenvalue weighted by molar-refractivity contribution is 6.30. The van der Waals surface area contributed by atoms with Crippen LogP contribution in [0.25, 0.3) is 0 Å². The Morgan fingerprint density at radius 2 is 2.05 bits per heavy atom. The molecule has 6 heteroatoms. The molecule has 5 nitrogen and oxygen atoms in total. The smallest absolute Gasteiger partial charge is 0.246 e. The van der Waals surface area contributed by atoms with Crippen LogP contribution in [0.15, 0.2) is 24.3 Å². The summed E-state index contributed by atoms with van der Waals surface area (Å²) in [4.78, 5) is 26.1. The molecule has 2 amide bonds. The molecule has 2 fully saturated rings. The number of nitrogens with one attached hydrogen (secondary N) is 1. The van der Waals surface area contributed by atoms with Crippen molar-refractivity contribution in [2.24, 2.45) is 0 Å². The fourth-order valence-corrected chi connectivity index (χ4v) is 2.74. The van der Waals surface area contributed by atoms with Gasteiger partial charge in [-0.25, -0.2) is 0 Å². The third-order valence-corrected chi connectivity index (χ3v) is 3.93. The Morgan fingerprint density at radius 1 is 1.30 bits per heavy atom. The first-order valence-corrected chi connectivity index (χ1v) is 6.96. The molecule has 0 aromatic heterocycles. The van der Waals surface area contributed by atoms with Crippen LogP contribution < -0.4 is 5.32 Å². The number of carbonyl (C=O) groups is 2. The molecule has 0 spiro atoms. The van der Waals surface area contributed by atoms with E-state index in [1.54, 1.807) is 17.0 Å². The second kappa shape index (κ2) is 5.42. The first kappa shape index (κ1) is 13.4. The van der Waals surface area contributed by atoms with Crippen LogP contribution >= 0.6 is 11.6 Å². The molecular weight excluding hydrogens is 280 g/mol. The summed E-state index contributed by atoms with van der Waals surface area (Å²) in [5.41, 5.74) is 0.972. The Labute approximate surface area is 121 Å². The zero-order chi connectivity index (χ0) is 14.1. The average Bonchev–Trinajstić information content (AvgIpc) is 2.47. The summed E-state index contributed by atoms with van der Waals surface area (Å²) in [7, 11) is 0. The minimum absolute atomic E-state index is 0.0344. The number of ether oxygens (including phenoxy) is 1. The van der Waals surface area contributed by atoms with Gasteiger partial charge in [-0.1, -0.05) is 23.7 Å². The highest BCUT2D eigenvalue weighted by Gasteiger charge is 2.41. The number of piperazine rings is 1. The van der Waals surface area contributed by atoms with E-state index in [2.05, 4.69) is 5.32 Å². The lowest BCUT2D eigenvalue weighted by Crippen LogP contribution is -2.67. The molecule has 106 valence electrons. The number of carbonyl (C=O) groups excluding carboxylic acids is 2. The van der Waals surface area contributed by atoms with Crippen LogP contribution in [0.2, 0.25) is 5.02 Å². The van der Waals surface area contributed by atoms with Crippen molar-refractivity contribution in [2.45, 2.75) is 18.5 Å². The molecule has 0 saturated carbocycles. The normalized spacial score (nSPS) is 26.1. The molecule has 0 bridgehead atoms. The highest BCUT2D eigenvalue weighted by Crippen LogP contribution is 2.18. The topological polar surface area (TPSA) is 58.6 Å². The van der Waals surface area contributed by atoms with Crippen LogP contribution in [-0.4, -0.2) is 48.6 Å². The summed E-state index contributed by atoms with van der Waals surface area (Å²) in [6, 6.07) is 6.32. The molecule has 0 radical (unpaired) electrons. The predicted octanol–water partition coefficient (Wildman–Crippen LogP) is 0.608. The van der Waals surface area contributed by atoms with Gasteiger partial charge in [-0.15, -0.1) is 0 Å². The van der Waals surface area contributed by atoms with E-state index >= 15 is 0 Å². The van der Waals surface area contributed by atoms with Gasteiger partial charge in [0.05, 0.1) is 13.2 Å². The van der Waals surface area contributed by atoms with E-state index in [9.17, 15) is 9.59 Å². The zero-order valence-corrected chi connectivity index (χ0v) is 11.6. The van der Waals surface area contributed by atoms with E-state index in [1.165, 1.54) is 0 Å². The Bertz CT molecular complexity index is 532. The number of rotatable bonds is 2. The molecule has 3 rings (SSSR count). The van der Waals surface area contributed by atoms with E-state index in [1.807, 2.05) is 12.1 Å². The molecule has 1 aromatic rings. The van der Waals surface area contributed by atoms with E-state index in [4.69, 9.17) is 16.3 Å². The van der Waals surface area contributed by atoms with Gasteiger partial charge < -0.3 is 15.0 Å². The van der Waals surface area contributed by atoms with Crippen LogP contribution in [-0.2, 0) is 20.7 Å². The lowest BCUT2D eigenvalue weighted by atomic mass is 10.00. The van der Waals surface area contributed by atoms with Gasteiger partial charge in [0.1, 0.15) is 12.1 Å². The summed E-state index contributed by atoms with van der Waals surface area (Å²) in [6.07, 6.45) is 0.478. The van der Waals surface area contributed by atoms with Gasteiger partial charge in [0.15, 0.2) is 0 Å². The van der Waals surface area contributed by atoms with Crippen molar-refractivity contribution >= 4 is 23.4 Å². The Morgan fingerprint density at radius 3 is 2.80 bits per heavy atom. The summed E-state index contributed by atoms with van der Waals surface area (Å²) in [5, 5.41) is 3.44. The van der Waals surface area contributed by atoms with Crippen molar-refractivity contribution in [2.75, 3.05) is 19.8 Å². The number of morpholine rings is 1. The van der Waals surface area contributed by atoms with Crippen LogP contribution in [0.1, 0.15) is 5.56 Å². The number of fused-ring (bicyclic) bond motifs is 1. The van der Waals surface area contributed by atoms with Crippen molar-refractivity contribution in [3.8, 4) is 0 Å². The van der Waals surface area contributed by atoms with Crippen LogP contribution in [0, 0.1) is 0 Å². The van der Waals surface area contributed by atoms with Crippen molar-refractivity contribution < 1.29 is 14.3 Å². The fourth-order valence-electron chi connectivity index (χ4n) is 2.61. The SMILES string of the molecule is O=C1NC(Cc2ccc(Cl)cc2)C(=O)N2CCOCC12. The van der Waals surface area contributed by atoms with E-state index < -0.39 is 12.1 Å². The Hall–Kier alpha value is -1.59. The van der Waals surface area contributed by atoms with Crippen molar-refractivity contribution in [1.29, 1.82) is 0 Å². The number of amides is 2. The standard InChI is InChI=1S/C14H15ClN2O3/c15-10-3-1-9(2-4-10)7-11-14(19)17-5-6-20-8-12(17)13(18)16-11/h1-4,11-12H,5-8H2,(H,16,18). The molecule has 2 saturated heterocycles. The molecule has 2 heterocycles. The quantitative estimate of drug-likeness (QED) is 0.869. The van der Waals surface area contributed by atoms with Gasteiger partial charge in [-0.3, -0.25) is 9.59 Å². The lowest BCUT2D eigenvalue weighted by Gasteiger charge is -2.41. The second-order valence-electron chi connectivity index (χ2n) is 5.01. The molecule has 2 aliphatic heterocycles. The monoisotopic (exact) mass is 294 g/mol. The third kappa shape index (κ3) is 2.51. The summed E-state index contributed by atoms with van der Waals surface area (Å²) in [6.45, 7) is 1.25. The lowest BCUT2D eigenvalue weighted by molar-refractivity contribution is -0.157. The third-order valence-electron chi connectivity index (χ3n) is 3.68. The first-order chi connectivity index (χ1) is 9.65. The number of hydrogen-bond acceptors (Lipinski definition) is 3. The number of hydrogen-bond donors (Lipinski definition) is 1. The van der Waals surface area contributed by atoms with Crippen molar-refractivity contribution in [3.63, 3.8) is 0 Å². The number of nitrogens with zero attached hydrogens (tertiary/aromatic N) is 1. The molecular formula is C14H15ClN2O3. The Kier molecular flexibility index (Phi) is 3.63. The van der Waals surface area contributed by atoms with Gasteiger partial charge in [-0.2, -0.15) is 0 Å². The van der Waals surface area contributed by atoms with Crippen LogP contribution in [0.5, 0.6) is 0 Å². The number of benzene rings is 1. The van der Waals surface area contributed by atoms with E-state index in [0.717, 1.165) is 5.56 Å². The maximum atomic E-state index is 12.4. The largest absolute Gasteiger partial charge is 0.377 e. The molecule has 2 unspecified atom stereocenters. The maximum absolute atomic E-state index is 12.4. The molecule has 1 N–H and O–H groups in total. The van der Waals surface area contributed by atoms with Crippen molar-refractivity contribution in [3.05, 3.63) is 34.9 Å². The maximum Gasteiger partial charge on any atom is 0.246 e. The van der Waals surface area contributed by atoms with Crippen LogP contribution in [0.4, 0.5) is 0 Å². The highest BCUT2D eigenvalue weighted by atomic mass is 35.5. The molecule has 20 heavy (non-hydrogen) atoms. The minimum atomic E-state index is -0.502. The van der Waals surface area contributed by atoms with Crippen LogP contribution in [0.3, 0.4) is 0 Å². The van der Waals surface area contributed by atoms with E-state index in [-0.39, 0.29) is 18.4 Å². The van der Waals surface area contributed by atoms with Crippen molar-refractivity contribution in [1.82, 2.24) is 10.2 Å². The van der Waals surface area contributed by atoms with Gasteiger partial charge in [0.2, 0.25) is 11.8 Å². The predicted molar refractivity (Wildman–Crippen MR) is 73.4 cm³/mol. The summed E-state index contributed by atoms with van der Waals surface area (Å²) in [5.74, 6) is -0.170. The second-order valence-corrected chi connectivity index (χ2v) is 5.45. The Balaban J connectivity index is 1.75. The van der Waals surface area contributed by atoms with Gasteiger partial charge >= 0.3 is 0 Å². The summed E-state index contributed by atoms with van der Waals surface area (Å²) < 4.78 is 5.25. The summed E-state index contributed by atoms with van der Waals surface area (Å²) >= 11 is 5.84. The molecule has 2 atom stereocenters. The molecule has 0 aliphatic carbocycles. The fraction of sp³-hybridized carbons (Fsp3) is 0.429. The molecule has 2 aliphatic rings. The zero-order valence-electron chi connectivity index (χ0n) is 10.8. The van der Waals surface area contributed by atoms with E-state index in [0.29, 0.717) is 24.6 Å². The van der Waals surface area contributed by atoms with Gasteiger partial charge in [-0.05, 0) is 17.7 Å². The molecule has 1 aromatic carbocycles. The number of halogens is 1. The first-order valence-electron chi connectivity index (χ1n) is 6.58. The average molecular weight is 295 g/mol.